The molecule has 0 aliphatic carbocycles. The summed E-state index contributed by atoms with van der Waals surface area (Å²) in [5, 5.41) is 10.1. The van der Waals surface area contributed by atoms with Gasteiger partial charge in [0.1, 0.15) is 5.69 Å². The number of anilines is 1. The number of hydrogen-bond acceptors (Lipinski definition) is 5. The smallest absolute Gasteiger partial charge is 0.242 e. The third-order valence-corrected chi connectivity index (χ3v) is 2.59. The van der Waals surface area contributed by atoms with Crippen LogP contribution in [0.1, 0.15) is 0 Å². The normalized spacial score (nSPS) is 10.3. The molecular weight excluding hydrogens is 222 g/mol. The Kier molecular flexibility index (Phi) is 3.76. The van der Waals surface area contributed by atoms with E-state index in [0.717, 1.165) is 18.0 Å². The maximum atomic E-state index is 4.30. The SMILES string of the molecule is CSCCNc1n[nH]c(-c2ccccn2)n1. The maximum absolute atomic E-state index is 4.30. The number of aromatic nitrogens is 4. The Morgan fingerprint density at radius 1 is 1.44 bits per heavy atom. The Labute approximate surface area is 98.1 Å². The zero-order valence-electron chi connectivity index (χ0n) is 8.97. The summed E-state index contributed by atoms with van der Waals surface area (Å²) in [5.74, 6) is 2.34. The average Bonchev–Trinajstić information content (AvgIpc) is 2.79. The van der Waals surface area contributed by atoms with E-state index in [0.29, 0.717) is 11.8 Å². The molecular formula is C10H13N5S. The van der Waals surface area contributed by atoms with Gasteiger partial charge in [0.15, 0.2) is 5.82 Å². The Balaban J connectivity index is 2.02. The van der Waals surface area contributed by atoms with Gasteiger partial charge >= 0.3 is 0 Å². The lowest BCUT2D eigenvalue weighted by Gasteiger charge is -1.97. The van der Waals surface area contributed by atoms with Gasteiger partial charge in [-0.05, 0) is 18.4 Å². The van der Waals surface area contributed by atoms with Crippen molar-refractivity contribution in [1.82, 2.24) is 20.2 Å². The van der Waals surface area contributed by atoms with Crippen LogP contribution in [0.15, 0.2) is 24.4 Å². The molecule has 0 saturated carbocycles. The number of thioether (sulfide) groups is 1. The van der Waals surface area contributed by atoms with Crippen molar-refractivity contribution >= 4 is 17.7 Å². The first-order chi connectivity index (χ1) is 7.90. The van der Waals surface area contributed by atoms with Crippen LogP contribution in [0.4, 0.5) is 5.95 Å². The van der Waals surface area contributed by atoms with Crippen LogP contribution in [0.2, 0.25) is 0 Å². The molecule has 2 heterocycles. The van der Waals surface area contributed by atoms with Crippen LogP contribution in [-0.2, 0) is 0 Å². The minimum absolute atomic E-state index is 0.620. The van der Waals surface area contributed by atoms with E-state index in [2.05, 4.69) is 31.7 Å². The molecule has 0 fully saturated rings. The summed E-state index contributed by atoms with van der Waals surface area (Å²) in [6.07, 6.45) is 3.80. The molecule has 2 N–H and O–H groups in total. The molecule has 0 aliphatic heterocycles. The minimum Gasteiger partial charge on any atom is -0.352 e. The number of rotatable bonds is 5. The van der Waals surface area contributed by atoms with Crippen molar-refractivity contribution in [2.24, 2.45) is 0 Å². The fourth-order valence-electron chi connectivity index (χ4n) is 1.22. The van der Waals surface area contributed by atoms with Crippen LogP contribution in [0.25, 0.3) is 11.5 Å². The second-order valence-electron chi connectivity index (χ2n) is 3.14. The molecule has 0 bridgehead atoms. The lowest BCUT2D eigenvalue weighted by molar-refractivity contribution is 1.06. The molecule has 0 aromatic carbocycles. The maximum Gasteiger partial charge on any atom is 0.242 e. The zero-order valence-corrected chi connectivity index (χ0v) is 9.79. The summed E-state index contributed by atoms with van der Waals surface area (Å²) in [6, 6.07) is 5.69. The van der Waals surface area contributed by atoms with E-state index in [9.17, 15) is 0 Å². The van der Waals surface area contributed by atoms with Crippen molar-refractivity contribution in [2.45, 2.75) is 0 Å². The van der Waals surface area contributed by atoms with Crippen LogP contribution in [0.3, 0.4) is 0 Å². The second kappa shape index (κ2) is 5.50. The lowest BCUT2D eigenvalue weighted by atomic mass is 10.3. The highest BCUT2D eigenvalue weighted by molar-refractivity contribution is 7.98. The number of nitrogens with zero attached hydrogens (tertiary/aromatic N) is 3. The summed E-state index contributed by atoms with van der Waals surface area (Å²) < 4.78 is 0. The number of H-pyrrole nitrogens is 1. The van der Waals surface area contributed by atoms with Gasteiger partial charge in [-0.3, -0.25) is 10.1 Å². The summed E-state index contributed by atoms with van der Waals surface area (Å²) in [7, 11) is 0. The van der Waals surface area contributed by atoms with Crippen LogP contribution in [-0.4, -0.2) is 38.7 Å². The molecule has 0 saturated heterocycles. The van der Waals surface area contributed by atoms with Gasteiger partial charge < -0.3 is 5.32 Å². The van der Waals surface area contributed by atoms with Crippen molar-refractivity contribution in [2.75, 3.05) is 23.9 Å². The summed E-state index contributed by atoms with van der Waals surface area (Å²) >= 11 is 1.78. The molecule has 2 aromatic heterocycles. The highest BCUT2D eigenvalue weighted by Gasteiger charge is 2.04. The van der Waals surface area contributed by atoms with Gasteiger partial charge in [-0.2, -0.15) is 16.7 Å². The first-order valence-corrected chi connectivity index (χ1v) is 6.36. The summed E-state index contributed by atoms with van der Waals surface area (Å²) in [6.45, 7) is 0.862. The minimum atomic E-state index is 0.620. The van der Waals surface area contributed by atoms with Gasteiger partial charge in [-0.25, -0.2) is 0 Å². The molecule has 0 unspecified atom stereocenters. The van der Waals surface area contributed by atoms with E-state index in [1.165, 1.54) is 0 Å². The third-order valence-electron chi connectivity index (χ3n) is 1.98. The van der Waals surface area contributed by atoms with Crippen molar-refractivity contribution in [1.29, 1.82) is 0 Å². The van der Waals surface area contributed by atoms with Crippen molar-refractivity contribution in [3.63, 3.8) is 0 Å². The molecule has 0 aliphatic rings. The van der Waals surface area contributed by atoms with Crippen molar-refractivity contribution in [3.8, 4) is 11.5 Å². The fourth-order valence-corrected chi connectivity index (χ4v) is 1.53. The highest BCUT2D eigenvalue weighted by Crippen LogP contribution is 2.11. The first kappa shape index (κ1) is 10.9. The first-order valence-electron chi connectivity index (χ1n) is 4.97. The van der Waals surface area contributed by atoms with Gasteiger partial charge in [0, 0.05) is 18.5 Å². The van der Waals surface area contributed by atoms with E-state index in [-0.39, 0.29) is 0 Å². The molecule has 0 amide bonds. The number of pyridine rings is 1. The zero-order chi connectivity index (χ0) is 11.2. The standard InChI is InChI=1S/C10H13N5S/c1-16-7-6-12-10-13-9(14-15-10)8-4-2-3-5-11-8/h2-5H,6-7H2,1H3,(H2,12,13,14,15). The van der Waals surface area contributed by atoms with E-state index < -0.39 is 0 Å². The predicted octanol–water partition coefficient (Wildman–Crippen LogP) is 1.64. The Bertz CT molecular complexity index is 428. The molecule has 84 valence electrons. The van der Waals surface area contributed by atoms with E-state index in [1.807, 2.05) is 18.2 Å². The average molecular weight is 235 g/mol. The Morgan fingerprint density at radius 3 is 3.12 bits per heavy atom. The monoisotopic (exact) mass is 235 g/mol. The van der Waals surface area contributed by atoms with Crippen molar-refractivity contribution < 1.29 is 0 Å². The van der Waals surface area contributed by atoms with Crippen LogP contribution < -0.4 is 5.32 Å². The third kappa shape index (κ3) is 2.73. The Hall–Kier alpha value is -1.56. The molecule has 0 spiro atoms. The number of aromatic amines is 1. The molecule has 0 atom stereocenters. The summed E-state index contributed by atoms with van der Waals surface area (Å²) in [5.41, 5.74) is 0.799. The van der Waals surface area contributed by atoms with Gasteiger partial charge in [0.25, 0.3) is 0 Å². The molecule has 2 aromatic rings. The highest BCUT2D eigenvalue weighted by atomic mass is 32.2. The number of hydrogen-bond donors (Lipinski definition) is 2. The molecule has 0 radical (unpaired) electrons. The molecule has 2 rings (SSSR count). The van der Waals surface area contributed by atoms with E-state index in [1.54, 1.807) is 18.0 Å². The van der Waals surface area contributed by atoms with Gasteiger partial charge in [-0.1, -0.05) is 6.07 Å². The van der Waals surface area contributed by atoms with Crippen LogP contribution >= 0.6 is 11.8 Å². The summed E-state index contributed by atoms with van der Waals surface area (Å²) in [4.78, 5) is 8.50. The molecule has 5 nitrogen and oxygen atoms in total. The van der Waals surface area contributed by atoms with Gasteiger partial charge in [0.05, 0.1) is 0 Å². The molecule has 16 heavy (non-hydrogen) atoms. The second-order valence-corrected chi connectivity index (χ2v) is 4.13. The van der Waals surface area contributed by atoms with Gasteiger partial charge in [-0.15, -0.1) is 5.10 Å². The van der Waals surface area contributed by atoms with E-state index >= 15 is 0 Å². The van der Waals surface area contributed by atoms with Crippen LogP contribution in [0.5, 0.6) is 0 Å². The number of nitrogens with one attached hydrogen (secondary N) is 2. The van der Waals surface area contributed by atoms with Gasteiger partial charge in [0.2, 0.25) is 5.95 Å². The molecule has 6 heteroatoms. The topological polar surface area (TPSA) is 66.5 Å². The lowest BCUT2D eigenvalue weighted by Crippen LogP contribution is -2.04. The fraction of sp³-hybridized carbons (Fsp3) is 0.300. The predicted molar refractivity (Wildman–Crippen MR) is 66.5 cm³/mol. The van der Waals surface area contributed by atoms with Crippen molar-refractivity contribution in [3.05, 3.63) is 24.4 Å². The largest absolute Gasteiger partial charge is 0.352 e. The quantitative estimate of drug-likeness (QED) is 0.771. The Morgan fingerprint density at radius 2 is 2.38 bits per heavy atom. The van der Waals surface area contributed by atoms with Crippen LogP contribution in [0, 0.1) is 0 Å². The van der Waals surface area contributed by atoms with E-state index in [4.69, 9.17) is 0 Å².